The number of carbonyl (C=O) groups is 1. The van der Waals surface area contributed by atoms with Crippen molar-refractivity contribution in [3.8, 4) is 0 Å². The molecule has 0 aliphatic carbocycles. The second-order valence-corrected chi connectivity index (χ2v) is 4.93. The third-order valence-corrected chi connectivity index (χ3v) is 3.18. The lowest BCUT2D eigenvalue weighted by Gasteiger charge is -2.38. The van der Waals surface area contributed by atoms with E-state index in [4.69, 9.17) is 15.2 Å². The van der Waals surface area contributed by atoms with E-state index in [9.17, 15) is 4.79 Å². The predicted molar refractivity (Wildman–Crippen MR) is 58.9 cm³/mol. The average molecular weight is 228 g/mol. The molecule has 0 aromatic rings. The zero-order valence-electron chi connectivity index (χ0n) is 9.94. The molecule has 3 atom stereocenters. The summed E-state index contributed by atoms with van der Waals surface area (Å²) in [5.74, 6) is 0.00648. The molecule has 0 aromatic heterocycles. The lowest BCUT2D eigenvalue weighted by Crippen LogP contribution is -2.60. The number of ether oxygens (including phenoxy) is 2. The lowest BCUT2D eigenvalue weighted by atomic mass is 9.97. The van der Waals surface area contributed by atoms with E-state index in [0.29, 0.717) is 32.7 Å². The molecule has 92 valence electrons. The molecule has 2 heterocycles. The molecule has 2 saturated heterocycles. The molecule has 0 aromatic carbocycles. The van der Waals surface area contributed by atoms with Crippen LogP contribution in [0.5, 0.6) is 0 Å². The van der Waals surface area contributed by atoms with Crippen molar-refractivity contribution < 1.29 is 14.3 Å². The molecule has 2 N–H and O–H groups in total. The molecule has 0 radical (unpaired) electrons. The Morgan fingerprint density at radius 3 is 2.50 bits per heavy atom. The minimum atomic E-state index is -0.809. The Labute approximate surface area is 95.9 Å². The van der Waals surface area contributed by atoms with Crippen LogP contribution in [0.3, 0.4) is 0 Å². The Bertz CT molecular complexity index is 266. The molecule has 2 aliphatic heterocycles. The molecule has 3 unspecified atom stereocenters. The van der Waals surface area contributed by atoms with Crippen molar-refractivity contribution in [1.29, 1.82) is 0 Å². The molecule has 2 fully saturated rings. The quantitative estimate of drug-likeness (QED) is 0.671. The van der Waals surface area contributed by atoms with Gasteiger partial charge in [0.2, 0.25) is 5.91 Å². The van der Waals surface area contributed by atoms with E-state index in [-0.39, 0.29) is 18.1 Å². The van der Waals surface area contributed by atoms with Crippen molar-refractivity contribution in [1.82, 2.24) is 4.90 Å². The third-order valence-electron chi connectivity index (χ3n) is 3.18. The van der Waals surface area contributed by atoms with Crippen LogP contribution in [0.2, 0.25) is 0 Å². The van der Waals surface area contributed by atoms with Crippen molar-refractivity contribution in [2.24, 2.45) is 5.73 Å². The topological polar surface area (TPSA) is 64.8 Å². The summed E-state index contributed by atoms with van der Waals surface area (Å²) in [6.45, 7) is 6.13. The normalized spacial score (nSPS) is 40.1. The van der Waals surface area contributed by atoms with Gasteiger partial charge < -0.3 is 20.1 Å². The smallest absolute Gasteiger partial charge is 0.245 e. The first-order valence-corrected chi connectivity index (χ1v) is 5.83. The fourth-order valence-electron chi connectivity index (χ4n) is 2.41. The standard InChI is InChI=1S/C11H20N2O3/c1-8-5-13(6-9(2)16-8)10(14)11(12)3-4-15-7-11/h8-9H,3-7,12H2,1-2H3. The van der Waals surface area contributed by atoms with Gasteiger partial charge in [-0.1, -0.05) is 0 Å². The van der Waals surface area contributed by atoms with Crippen LogP contribution in [0.4, 0.5) is 0 Å². The van der Waals surface area contributed by atoms with Gasteiger partial charge in [-0.05, 0) is 20.3 Å². The van der Waals surface area contributed by atoms with Crippen LogP contribution in [0.15, 0.2) is 0 Å². The SMILES string of the molecule is CC1CN(C(=O)C2(N)CCOC2)CC(C)O1. The molecular formula is C11H20N2O3. The van der Waals surface area contributed by atoms with Crippen molar-refractivity contribution in [2.45, 2.75) is 38.0 Å². The highest BCUT2D eigenvalue weighted by atomic mass is 16.5. The van der Waals surface area contributed by atoms with Crippen LogP contribution in [0.25, 0.3) is 0 Å². The van der Waals surface area contributed by atoms with Crippen LogP contribution in [0.1, 0.15) is 20.3 Å². The molecule has 2 aliphatic rings. The van der Waals surface area contributed by atoms with Gasteiger partial charge in [-0.25, -0.2) is 0 Å². The Morgan fingerprint density at radius 1 is 1.38 bits per heavy atom. The van der Waals surface area contributed by atoms with Crippen molar-refractivity contribution in [3.05, 3.63) is 0 Å². The fraction of sp³-hybridized carbons (Fsp3) is 0.909. The molecule has 5 nitrogen and oxygen atoms in total. The number of rotatable bonds is 1. The van der Waals surface area contributed by atoms with Crippen LogP contribution < -0.4 is 5.73 Å². The van der Waals surface area contributed by atoms with E-state index in [1.165, 1.54) is 0 Å². The molecule has 0 spiro atoms. The lowest BCUT2D eigenvalue weighted by molar-refractivity contribution is -0.148. The van der Waals surface area contributed by atoms with E-state index in [1.807, 2.05) is 18.7 Å². The van der Waals surface area contributed by atoms with Gasteiger partial charge in [0.15, 0.2) is 0 Å². The van der Waals surface area contributed by atoms with Gasteiger partial charge in [0.1, 0.15) is 5.54 Å². The van der Waals surface area contributed by atoms with Crippen molar-refractivity contribution in [2.75, 3.05) is 26.3 Å². The van der Waals surface area contributed by atoms with E-state index in [2.05, 4.69) is 0 Å². The predicted octanol–water partition coefficient (Wildman–Crippen LogP) is -0.260. The molecule has 16 heavy (non-hydrogen) atoms. The first kappa shape index (κ1) is 11.8. The first-order valence-electron chi connectivity index (χ1n) is 5.83. The number of hydrogen-bond acceptors (Lipinski definition) is 4. The molecule has 0 bridgehead atoms. The van der Waals surface area contributed by atoms with Crippen molar-refractivity contribution in [3.63, 3.8) is 0 Å². The second kappa shape index (κ2) is 4.31. The van der Waals surface area contributed by atoms with Crippen LogP contribution >= 0.6 is 0 Å². The summed E-state index contributed by atoms with van der Waals surface area (Å²) in [5.41, 5.74) is 5.26. The maximum Gasteiger partial charge on any atom is 0.245 e. The molecule has 0 saturated carbocycles. The second-order valence-electron chi connectivity index (χ2n) is 4.93. The van der Waals surface area contributed by atoms with Gasteiger partial charge in [-0.3, -0.25) is 4.79 Å². The van der Waals surface area contributed by atoms with Gasteiger partial charge in [0, 0.05) is 19.7 Å². The Hall–Kier alpha value is -0.650. The van der Waals surface area contributed by atoms with E-state index in [0.717, 1.165) is 0 Å². The number of nitrogens with two attached hydrogens (primary N) is 1. The minimum absolute atomic E-state index is 0.00648. The summed E-state index contributed by atoms with van der Waals surface area (Å²) < 4.78 is 10.8. The maximum atomic E-state index is 12.3. The maximum absolute atomic E-state index is 12.3. The molecular weight excluding hydrogens is 208 g/mol. The highest BCUT2D eigenvalue weighted by molar-refractivity contribution is 5.86. The fourth-order valence-corrected chi connectivity index (χ4v) is 2.41. The minimum Gasteiger partial charge on any atom is -0.379 e. The van der Waals surface area contributed by atoms with Crippen molar-refractivity contribution >= 4 is 5.91 Å². The summed E-state index contributed by atoms with van der Waals surface area (Å²) in [5, 5.41) is 0. The highest BCUT2D eigenvalue weighted by Gasteiger charge is 2.42. The molecule has 2 rings (SSSR count). The average Bonchev–Trinajstić information content (AvgIpc) is 2.64. The molecule has 5 heteroatoms. The Balaban J connectivity index is 2.03. The monoisotopic (exact) mass is 228 g/mol. The van der Waals surface area contributed by atoms with E-state index >= 15 is 0 Å². The van der Waals surface area contributed by atoms with Gasteiger partial charge >= 0.3 is 0 Å². The largest absolute Gasteiger partial charge is 0.379 e. The van der Waals surface area contributed by atoms with E-state index < -0.39 is 5.54 Å². The Morgan fingerprint density at radius 2 is 2.00 bits per heavy atom. The number of nitrogens with zero attached hydrogens (tertiary/aromatic N) is 1. The number of amides is 1. The number of hydrogen-bond donors (Lipinski definition) is 1. The van der Waals surface area contributed by atoms with Crippen LogP contribution in [-0.4, -0.2) is 54.9 Å². The van der Waals surface area contributed by atoms with Gasteiger partial charge in [-0.15, -0.1) is 0 Å². The highest BCUT2D eigenvalue weighted by Crippen LogP contribution is 2.21. The summed E-state index contributed by atoms with van der Waals surface area (Å²) in [6, 6.07) is 0. The zero-order chi connectivity index (χ0) is 11.8. The first-order chi connectivity index (χ1) is 7.51. The molecule has 1 amide bonds. The summed E-state index contributed by atoms with van der Waals surface area (Å²) in [6.07, 6.45) is 0.781. The van der Waals surface area contributed by atoms with Gasteiger partial charge in [-0.2, -0.15) is 0 Å². The summed E-state index contributed by atoms with van der Waals surface area (Å²) in [4.78, 5) is 14.1. The van der Waals surface area contributed by atoms with Gasteiger partial charge in [0.25, 0.3) is 0 Å². The Kier molecular flexibility index (Phi) is 3.19. The zero-order valence-corrected chi connectivity index (χ0v) is 9.94. The number of morpholine rings is 1. The van der Waals surface area contributed by atoms with Crippen LogP contribution in [-0.2, 0) is 14.3 Å². The van der Waals surface area contributed by atoms with Gasteiger partial charge in [0.05, 0.1) is 18.8 Å². The summed E-state index contributed by atoms with van der Waals surface area (Å²) >= 11 is 0. The van der Waals surface area contributed by atoms with E-state index in [1.54, 1.807) is 0 Å². The van der Waals surface area contributed by atoms with Crippen LogP contribution in [0, 0.1) is 0 Å². The summed E-state index contributed by atoms with van der Waals surface area (Å²) in [7, 11) is 0. The third kappa shape index (κ3) is 2.21. The number of carbonyl (C=O) groups excluding carboxylic acids is 1.